The van der Waals surface area contributed by atoms with Crippen LogP contribution in [-0.2, 0) is 5.92 Å². The third-order valence-electron chi connectivity index (χ3n) is 4.88. The first-order chi connectivity index (χ1) is 9.70. The van der Waals surface area contributed by atoms with Crippen molar-refractivity contribution in [1.29, 1.82) is 0 Å². The summed E-state index contributed by atoms with van der Waals surface area (Å²) in [6, 6.07) is 7.95. The smallest absolute Gasteiger partial charge is 0.273 e. The Kier molecular flexibility index (Phi) is 4.72. The molecule has 0 aliphatic heterocycles. The molecule has 0 amide bonds. The van der Waals surface area contributed by atoms with Crippen molar-refractivity contribution in [3.05, 3.63) is 35.9 Å². The highest BCUT2D eigenvalue weighted by Gasteiger charge is 2.41. The zero-order valence-electron chi connectivity index (χ0n) is 13.2. The maximum absolute atomic E-state index is 14.4. The molecule has 21 heavy (non-hydrogen) atoms. The summed E-state index contributed by atoms with van der Waals surface area (Å²) in [5, 5.41) is 10.1. The molecule has 1 nitrogen and oxygen atoms in total. The Bertz CT molecular complexity index is 450. The number of halogens is 2. The van der Waals surface area contributed by atoms with Gasteiger partial charge >= 0.3 is 0 Å². The Hall–Kier alpha value is -0.960. The highest BCUT2D eigenvalue weighted by atomic mass is 19.3. The van der Waals surface area contributed by atoms with Crippen LogP contribution in [0, 0.1) is 17.3 Å². The molecule has 1 fully saturated rings. The minimum absolute atomic E-state index is 0.0510. The Morgan fingerprint density at radius 3 is 2.29 bits per heavy atom. The number of alkyl halides is 2. The van der Waals surface area contributed by atoms with Crippen molar-refractivity contribution < 1.29 is 13.9 Å². The summed E-state index contributed by atoms with van der Waals surface area (Å²) in [5.74, 6) is -2.79. The molecule has 1 aliphatic rings. The lowest BCUT2D eigenvalue weighted by molar-refractivity contribution is -0.0718. The maximum atomic E-state index is 14.4. The second-order valence-corrected chi connectivity index (χ2v) is 7.48. The van der Waals surface area contributed by atoms with Gasteiger partial charge in [0.25, 0.3) is 5.92 Å². The van der Waals surface area contributed by atoms with Crippen LogP contribution in [0.5, 0.6) is 0 Å². The fraction of sp³-hybridized carbons (Fsp3) is 0.667. The van der Waals surface area contributed by atoms with E-state index >= 15 is 0 Å². The van der Waals surface area contributed by atoms with Crippen LogP contribution in [0.25, 0.3) is 0 Å². The van der Waals surface area contributed by atoms with Crippen LogP contribution >= 0.6 is 0 Å². The third-order valence-corrected chi connectivity index (χ3v) is 4.88. The van der Waals surface area contributed by atoms with E-state index in [1.165, 1.54) is 12.1 Å². The van der Waals surface area contributed by atoms with Crippen molar-refractivity contribution in [3.63, 3.8) is 0 Å². The summed E-state index contributed by atoms with van der Waals surface area (Å²) in [7, 11) is 0. The molecule has 118 valence electrons. The normalized spacial score (nSPS) is 27.6. The lowest BCUT2D eigenvalue weighted by Gasteiger charge is -2.41. The van der Waals surface area contributed by atoms with Gasteiger partial charge in [0.15, 0.2) is 0 Å². The third kappa shape index (κ3) is 4.03. The lowest BCUT2D eigenvalue weighted by Crippen LogP contribution is -2.37. The largest absolute Gasteiger partial charge is 0.393 e. The van der Waals surface area contributed by atoms with Crippen molar-refractivity contribution >= 4 is 0 Å². The number of aliphatic hydroxyl groups is 1. The zero-order chi connectivity index (χ0) is 15.7. The number of aliphatic hydroxyl groups excluding tert-OH is 1. The van der Waals surface area contributed by atoms with Gasteiger partial charge < -0.3 is 5.11 Å². The van der Waals surface area contributed by atoms with E-state index in [0.29, 0.717) is 18.8 Å². The van der Waals surface area contributed by atoms with Gasteiger partial charge in [-0.15, -0.1) is 0 Å². The molecule has 3 atom stereocenters. The summed E-state index contributed by atoms with van der Waals surface area (Å²) in [4.78, 5) is 0. The Morgan fingerprint density at radius 1 is 1.10 bits per heavy atom. The quantitative estimate of drug-likeness (QED) is 0.833. The molecule has 3 unspecified atom stereocenters. The van der Waals surface area contributed by atoms with E-state index in [-0.39, 0.29) is 23.3 Å². The standard InChI is InChI=1S/C18H26F2O/c1-17(2,3)15-9-10-16(21)13(11-15)12-18(19,20)14-7-5-4-6-8-14/h4-8,13,15-16,21H,9-12H2,1-3H3. The van der Waals surface area contributed by atoms with Crippen LogP contribution in [0.3, 0.4) is 0 Å². The van der Waals surface area contributed by atoms with Crippen molar-refractivity contribution in [2.24, 2.45) is 17.3 Å². The molecular weight excluding hydrogens is 270 g/mol. The Balaban J connectivity index is 2.10. The summed E-state index contributed by atoms with van der Waals surface area (Å²) in [5.41, 5.74) is 0.163. The molecule has 1 aliphatic carbocycles. The first-order valence-electron chi connectivity index (χ1n) is 7.81. The summed E-state index contributed by atoms with van der Waals surface area (Å²) >= 11 is 0. The van der Waals surface area contributed by atoms with E-state index in [2.05, 4.69) is 20.8 Å². The monoisotopic (exact) mass is 296 g/mol. The molecule has 1 saturated carbocycles. The molecule has 0 aromatic heterocycles. The van der Waals surface area contributed by atoms with E-state index in [1.54, 1.807) is 18.2 Å². The van der Waals surface area contributed by atoms with Gasteiger partial charge in [-0.2, -0.15) is 0 Å². The molecule has 3 heteroatoms. The number of hydrogen-bond donors (Lipinski definition) is 1. The molecule has 0 saturated heterocycles. The van der Waals surface area contributed by atoms with E-state index in [1.807, 2.05) is 0 Å². The second kappa shape index (κ2) is 6.04. The molecule has 1 aromatic rings. The lowest BCUT2D eigenvalue weighted by atomic mass is 9.67. The fourth-order valence-corrected chi connectivity index (χ4v) is 3.38. The van der Waals surface area contributed by atoms with Crippen molar-refractivity contribution in [1.82, 2.24) is 0 Å². The van der Waals surface area contributed by atoms with Crippen LogP contribution in [0.15, 0.2) is 30.3 Å². The second-order valence-electron chi connectivity index (χ2n) is 7.48. The molecule has 2 rings (SSSR count). The van der Waals surface area contributed by atoms with Crippen molar-refractivity contribution in [3.8, 4) is 0 Å². The molecular formula is C18H26F2O. The molecule has 0 bridgehead atoms. The average molecular weight is 296 g/mol. The van der Waals surface area contributed by atoms with Gasteiger partial charge in [-0.25, -0.2) is 8.78 Å². The first kappa shape index (κ1) is 16.4. The number of hydrogen-bond acceptors (Lipinski definition) is 1. The number of rotatable bonds is 3. The Labute approximate surface area is 126 Å². The van der Waals surface area contributed by atoms with Crippen LogP contribution < -0.4 is 0 Å². The highest BCUT2D eigenvalue weighted by molar-refractivity contribution is 5.20. The molecule has 1 N–H and O–H groups in total. The SMILES string of the molecule is CC(C)(C)C1CCC(O)C(CC(F)(F)c2ccccc2)C1. The van der Waals surface area contributed by atoms with E-state index in [9.17, 15) is 13.9 Å². The summed E-state index contributed by atoms with van der Waals surface area (Å²) in [6.07, 6.45) is 1.39. The predicted octanol–water partition coefficient (Wildman–Crippen LogP) is 4.99. The molecule has 0 spiro atoms. The molecule has 0 heterocycles. The van der Waals surface area contributed by atoms with Crippen LogP contribution in [0.4, 0.5) is 8.78 Å². The van der Waals surface area contributed by atoms with Crippen LogP contribution in [0.2, 0.25) is 0 Å². The van der Waals surface area contributed by atoms with Gasteiger partial charge in [0.2, 0.25) is 0 Å². The van der Waals surface area contributed by atoms with Gasteiger partial charge in [0, 0.05) is 12.0 Å². The van der Waals surface area contributed by atoms with Gasteiger partial charge in [0.1, 0.15) is 0 Å². The van der Waals surface area contributed by atoms with Crippen molar-refractivity contribution in [2.75, 3.05) is 0 Å². The highest BCUT2D eigenvalue weighted by Crippen LogP contribution is 2.45. The van der Waals surface area contributed by atoms with Gasteiger partial charge in [-0.1, -0.05) is 51.1 Å². The van der Waals surface area contributed by atoms with E-state index in [4.69, 9.17) is 0 Å². The molecule has 1 aromatic carbocycles. The molecule has 0 radical (unpaired) electrons. The van der Waals surface area contributed by atoms with Crippen molar-refractivity contribution in [2.45, 2.75) is 58.5 Å². The van der Waals surface area contributed by atoms with Crippen LogP contribution in [-0.4, -0.2) is 11.2 Å². The predicted molar refractivity (Wildman–Crippen MR) is 81.2 cm³/mol. The van der Waals surface area contributed by atoms with Gasteiger partial charge in [0.05, 0.1) is 6.10 Å². The average Bonchev–Trinajstić information content (AvgIpc) is 2.41. The van der Waals surface area contributed by atoms with E-state index < -0.39 is 12.0 Å². The maximum Gasteiger partial charge on any atom is 0.273 e. The van der Waals surface area contributed by atoms with Gasteiger partial charge in [-0.05, 0) is 36.5 Å². The van der Waals surface area contributed by atoms with Gasteiger partial charge in [-0.3, -0.25) is 0 Å². The minimum Gasteiger partial charge on any atom is -0.393 e. The summed E-state index contributed by atoms with van der Waals surface area (Å²) < 4.78 is 28.9. The topological polar surface area (TPSA) is 20.2 Å². The minimum atomic E-state index is -2.87. The Morgan fingerprint density at radius 2 is 1.71 bits per heavy atom. The summed E-state index contributed by atoms with van der Waals surface area (Å²) in [6.45, 7) is 6.46. The van der Waals surface area contributed by atoms with E-state index in [0.717, 1.165) is 6.42 Å². The zero-order valence-corrected chi connectivity index (χ0v) is 13.2. The first-order valence-corrected chi connectivity index (χ1v) is 7.81. The van der Waals surface area contributed by atoms with Crippen LogP contribution in [0.1, 0.15) is 52.0 Å². The number of benzene rings is 1. The fourth-order valence-electron chi connectivity index (χ4n) is 3.38.